The van der Waals surface area contributed by atoms with Crippen molar-refractivity contribution < 1.29 is 32.6 Å². The molecule has 14 heteroatoms. The Bertz CT molecular complexity index is 1310. The first-order valence-electron chi connectivity index (χ1n) is 11.3. The van der Waals surface area contributed by atoms with Crippen molar-refractivity contribution in [3.05, 3.63) is 47.0 Å². The van der Waals surface area contributed by atoms with Crippen LogP contribution in [-0.4, -0.2) is 61.8 Å². The summed E-state index contributed by atoms with van der Waals surface area (Å²) in [6.45, 7) is 1.78. The first-order chi connectivity index (χ1) is 17.4. The molecule has 1 amide bonds. The molecule has 10 nitrogen and oxygen atoms in total. The van der Waals surface area contributed by atoms with Crippen molar-refractivity contribution in [3.8, 4) is 0 Å². The molecule has 0 bridgehead atoms. The van der Waals surface area contributed by atoms with Crippen LogP contribution in [0.2, 0.25) is 5.28 Å². The highest BCUT2D eigenvalue weighted by molar-refractivity contribution is 6.28. The highest BCUT2D eigenvalue weighted by Crippen LogP contribution is 2.41. The van der Waals surface area contributed by atoms with Gasteiger partial charge in [-0.05, 0) is 49.1 Å². The minimum absolute atomic E-state index is 0.00389. The number of carboxylic acids is 1. The summed E-state index contributed by atoms with van der Waals surface area (Å²) in [6.07, 6.45) is -3.63. The maximum atomic E-state index is 14.0. The molecular weight excluding hydrogens is 517 g/mol. The molecule has 0 radical (unpaired) electrons. The van der Waals surface area contributed by atoms with Crippen molar-refractivity contribution in [2.75, 3.05) is 19.5 Å². The third-order valence-electron chi connectivity index (χ3n) is 6.50. The quantitative estimate of drug-likeness (QED) is 0.431. The predicted octanol–water partition coefficient (Wildman–Crippen LogP) is 4.40. The number of rotatable bonds is 8. The minimum atomic E-state index is -4.74. The van der Waals surface area contributed by atoms with E-state index in [2.05, 4.69) is 20.4 Å². The lowest BCUT2D eigenvalue weighted by Gasteiger charge is -2.38. The number of methoxy groups -OCH3 is 1. The summed E-state index contributed by atoms with van der Waals surface area (Å²) >= 11 is 5.91. The molecule has 0 aliphatic heterocycles. The van der Waals surface area contributed by atoms with E-state index in [0.29, 0.717) is 22.0 Å². The van der Waals surface area contributed by atoms with Gasteiger partial charge in [0.05, 0.1) is 29.6 Å². The maximum Gasteiger partial charge on any atom is 0.413 e. The number of nitrogens with zero attached hydrogens (tertiary/aromatic N) is 5. The lowest BCUT2D eigenvalue weighted by atomic mass is 9.74. The lowest BCUT2D eigenvalue weighted by Crippen LogP contribution is -2.46. The molecule has 0 spiro atoms. The molecule has 1 fully saturated rings. The van der Waals surface area contributed by atoms with Gasteiger partial charge in [-0.2, -0.15) is 22.7 Å². The molecule has 3 aromatic rings. The van der Waals surface area contributed by atoms with Gasteiger partial charge in [-0.15, -0.1) is 5.10 Å². The van der Waals surface area contributed by atoms with Crippen LogP contribution in [0.1, 0.15) is 43.2 Å². The third-order valence-corrected chi connectivity index (χ3v) is 6.66. The number of hydrogen-bond acceptors (Lipinski definition) is 7. The molecule has 2 aromatic heterocycles. The molecule has 1 aromatic carbocycles. The number of aromatic nitrogens is 4. The summed E-state index contributed by atoms with van der Waals surface area (Å²) < 4.78 is 48.9. The number of nitrogens with one attached hydrogen (secondary N) is 1. The fraction of sp³-hybridized carbons (Fsp3) is 0.435. The average Bonchev–Trinajstić information content (AvgIpc) is 3.17. The molecule has 198 valence electrons. The van der Waals surface area contributed by atoms with E-state index >= 15 is 0 Å². The first kappa shape index (κ1) is 26.6. The number of halogens is 4. The fourth-order valence-corrected chi connectivity index (χ4v) is 4.55. The second kappa shape index (κ2) is 10.1. The number of carbonyl (C=O) groups excluding carboxylic acids is 1. The summed E-state index contributed by atoms with van der Waals surface area (Å²) in [4.78, 5) is 32.5. The molecule has 1 saturated carbocycles. The van der Waals surface area contributed by atoms with Crippen molar-refractivity contribution in [1.82, 2.24) is 24.5 Å². The number of alkyl halides is 3. The summed E-state index contributed by atoms with van der Waals surface area (Å²) in [6, 6.07) is 3.29. The van der Waals surface area contributed by atoms with Gasteiger partial charge in [0.2, 0.25) is 11.2 Å². The Balaban J connectivity index is 1.57. The zero-order chi connectivity index (χ0) is 27.1. The number of anilines is 2. The van der Waals surface area contributed by atoms with Gasteiger partial charge in [-0.25, -0.2) is 4.98 Å². The molecule has 0 saturated heterocycles. The second-order valence-corrected chi connectivity index (χ2v) is 9.21. The van der Waals surface area contributed by atoms with Crippen LogP contribution in [0, 0.1) is 11.8 Å². The van der Waals surface area contributed by atoms with Crippen LogP contribution in [0.5, 0.6) is 0 Å². The maximum absolute atomic E-state index is 14.0. The van der Waals surface area contributed by atoms with Crippen LogP contribution in [0.4, 0.5) is 24.5 Å². The topological polar surface area (TPSA) is 122 Å². The van der Waals surface area contributed by atoms with E-state index in [-0.39, 0.29) is 29.5 Å². The number of benzene rings is 1. The van der Waals surface area contributed by atoms with Gasteiger partial charge in [-0.1, -0.05) is 12.1 Å². The minimum Gasteiger partial charge on any atom is -0.481 e. The summed E-state index contributed by atoms with van der Waals surface area (Å²) in [7, 11) is 2.60. The molecule has 0 unspecified atom stereocenters. The number of fused-ring (bicyclic) bond motifs is 1. The van der Waals surface area contributed by atoms with E-state index in [1.807, 2.05) is 0 Å². The Labute approximate surface area is 214 Å². The molecule has 4 rings (SSSR count). The van der Waals surface area contributed by atoms with Crippen LogP contribution < -0.4 is 5.32 Å². The van der Waals surface area contributed by atoms with Crippen molar-refractivity contribution in [2.45, 2.75) is 38.1 Å². The smallest absolute Gasteiger partial charge is 0.413 e. The Morgan fingerprint density at radius 3 is 2.46 bits per heavy atom. The highest BCUT2D eigenvalue weighted by atomic mass is 35.5. The predicted molar refractivity (Wildman–Crippen MR) is 126 cm³/mol. The number of aliphatic carboxylic acids is 1. The van der Waals surface area contributed by atoms with Gasteiger partial charge in [-0.3, -0.25) is 9.59 Å². The number of carboxylic acid groups (broad SMARTS) is 1. The molecule has 2 N–H and O–H groups in total. The van der Waals surface area contributed by atoms with Gasteiger partial charge < -0.3 is 20.1 Å². The van der Waals surface area contributed by atoms with Gasteiger partial charge in [0.1, 0.15) is 0 Å². The molecule has 2 heterocycles. The van der Waals surface area contributed by atoms with E-state index in [0.717, 1.165) is 7.05 Å². The summed E-state index contributed by atoms with van der Waals surface area (Å²) in [5.74, 6) is -2.97. The zero-order valence-corrected chi connectivity index (χ0v) is 20.8. The van der Waals surface area contributed by atoms with Crippen molar-refractivity contribution in [1.29, 1.82) is 0 Å². The van der Waals surface area contributed by atoms with E-state index in [1.54, 1.807) is 6.92 Å². The highest BCUT2D eigenvalue weighted by Gasteiger charge is 2.48. The van der Waals surface area contributed by atoms with Crippen LogP contribution in [0.3, 0.4) is 0 Å². The third kappa shape index (κ3) is 5.32. The standard InChI is InChI=1S/C23H24ClF3N6O4/c1-11(37-3)17-16(10-28-22-30-21(24)31-33(17)22)29-15-6-4-12(5-7-15)18(23(25,26)27)32(2)19(34)13-8-14(9-13)20(35)36/h4-7,10-11,13-14,18,29H,8-9H2,1-3H3,(H,35,36)/t11-,13?,14?,18-/m0/s1. The van der Waals surface area contributed by atoms with Gasteiger partial charge >= 0.3 is 12.1 Å². The summed E-state index contributed by atoms with van der Waals surface area (Å²) in [5.41, 5.74) is 1.35. The van der Waals surface area contributed by atoms with Crippen LogP contribution >= 0.6 is 11.6 Å². The Morgan fingerprint density at radius 2 is 1.89 bits per heavy atom. The molecule has 2 atom stereocenters. The molecule has 37 heavy (non-hydrogen) atoms. The molecular formula is C23H24ClF3N6O4. The lowest BCUT2D eigenvalue weighted by molar-refractivity contribution is -0.192. The monoisotopic (exact) mass is 540 g/mol. The van der Waals surface area contributed by atoms with Crippen LogP contribution in [-0.2, 0) is 14.3 Å². The van der Waals surface area contributed by atoms with Crippen molar-refractivity contribution in [3.63, 3.8) is 0 Å². The van der Waals surface area contributed by atoms with E-state index in [9.17, 15) is 22.8 Å². The average molecular weight is 541 g/mol. The number of amides is 1. The van der Waals surface area contributed by atoms with E-state index in [4.69, 9.17) is 21.4 Å². The Morgan fingerprint density at radius 1 is 1.24 bits per heavy atom. The SMILES string of the molecule is CO[C@@H](C)c1c(Nc2ccc([C@H](N(C)C(=O)C3CC(C(=O)O)C3)C(F)(F)F)cc2)cnc2nc(Cl)nn12. The number of ether oxygens (including phenoxy) is 1. The number of carbonyl (C=O) groups is 2. The number of hydrogen-bond donors (Lipinski definition) is 2. The Kier molecular flexibility index (Phi) is 7.29. The summed E-state index contributed by atoms with van der Waals surface area (Å²) in [5, 5.41) is 16.2. The van der Waals surface area contributed by atoms with E-state index in [1.165, 1.54) is 42.1 Å². The largest absolute Gasteiger partial charge is 0.481 e. The van der Waals surface area contributed by atoms with Crippen molar-refractivity contribution >= 4 is 40.6 Å². The molecule has 1 aliphatic rings. The van der Waals surface area contributed by atoms with Crippen LogP contribution in [0.25, 0.3) is 5.78 Å². The van der Waals surface area contributed by atoms with Crippen LogP contribution in [0.15, 0.2) is 30.5 Å². The van der Waals surface area contributed by atoms with Gasteiger partial charge in [0, 0.05) is 25.8 Å². The normalized spacial score (nSPS) is 19.2. The second-order valence-electron chi connectivity index (χ2n) is 8.87. The van der Waals surface area contributed by atoms with E-state index < -0.39 is 42.0 Å². The fourth-order valence-electron chi connectivity index (χ4n) is 4.40. The van der Waals surface area contributed by atoms with Crippen molar-refractivity contribution in [2.24, 2.45) is 11.8 Å². The van der Waals surface area contributed by atoms with Gasteiger partial charge in [0.15, 0.2) is 6.04 Å². The Hall–Kier alpha value is -3.45. The zero-order valence-electron chi connectivity index (χ0n) is 20.0. The van der Waals surface area contributed by atoms with Gasteiger partial charge in [0.25, 0.3) is 5.78 Å². The first-order valence-corrected chi connectivity index (χ1v) is 11.7. The molecule has 1 aliphatic carbocycles.